The molecule has 0 saturated carbocycles. The number of aliphatic hydroxyl groups excluding tert-OH is 1. The molecule has 6 nitrogen and oxygen atoms in total. The van der Waals surface area contributed by atoms with Crippen molar-refractivity contribution in [2.45, 2.75) is 71.1 Å². The van der Waals surface area contributed by atoms with Crippen LogP contribution in [0.4, 0.5) is 0 Å². The number of ether oxygens (including phenoxy) is 3. The Kier molecular flexibility index (Phi) is 5.86. The van der Waals surface area contributed by atoms with Crippen molar-refractivity contribution in [1.29, 1.82) is 0 Å². The SMILES string of the molecule is C=C1C(=O)O[C@H]2CC3=C[C@@H](C/C(C)=C/[C@@H](OC(O)CC(C)CC)[C@H]12)OC3=O. The molecule has 0 aromatic rings. The highest BCUT2D eigenvalue weighted by atomic mass is 16.6. The lowest BCUT2D eigenvalue weighted by Gasteiger charge is -2.29. The van der Waals surface area contributed by atoms with Gasteiger partial charge in [-0.3, -0.25) is 0 Å². The predicted octanol–water partition coefficient (Wildman–Crippen LogP) is 2.82. The normalized spacial score (nSPS) is 34.7. The third-order valence-electron chi connectivity index (χ3n) is 5.59. The van der Waals surface area contributed by atoms with Gasteiger partial charge < -0.3 is 19.3 Å². The molecule has 0 aromatic carbocycles. The first-order valence-corrected chi connectivity index (χ1v) is 9.60. The summed E-state index contributed by atoms with van der Waals surface area (Å²) in [6.07, 6.45) is 3.59. The van der Waals surface area contributed by atoms with Gasteiger partial charge >= 0.3 is 11.9 Å². The zero-order valence-corrected chi connectivity index (χ0v) is 16.1. The Morgan fingerprint density at radius 1 is 1.26 bits per heavy atom. The number of hydrogen-bond acceptors (Lipinski definition) is 6. The zero-order chi connectivity index (χ0) is 19.7. The summed E-state index contributed by atoms with van der Waals surface area (Å²) >= 11 is 0. The molecule has 6 atom stereocenters. The van der Waals surface area contributed by atoms with Crippen molar-refractivity contribution >= 4 is 11.9 Å². The van der Waals surface area contributed by atoms with Crippen LogP contribution in [0.1, 0.15) is 46.5 Å². The van der Waals surface area contributed by atoms with Crippen LogP contribution in [0.3, 0.4) is 0 Å². The molecule has 1 N–H and O–H groups in total. The maximum Gasteiger partial charge on any atom is 0.334 e. The van der Waals surface area contributed by atoms with E-state index in [0.29, 0.717) is 29.9 Å². The Balaban J connectivity index is 1.89. The zero-order valence-electron chi connectivity index (χ0n) is 16.1. The summed E-state index contributed by atoms with van der Waals surface area (Å²) in [6.45, 7) is 9.93. The highest BCUT2D eigenvalue weighted by Crippen LogP contribution is 2.38. The van der Waals surface area contributed by atoms with Crippen molar-refractivity contribution in [1.82, 2.24) is 0 Å². The fourth-order valence-corrected chi connectivity index (χ4v) is 3.87. The molecule has 6 heteroatoms. The van der Waals surface area contributed by atoms with Gasteiger partial charge in [0.1, 0.15) is 12.2 Å². The number of carbonyl (C=O) groups is 2. The van der Waals surface area contributed by atoms with E-state index in [1.165, 1.54) is 0 Å². The van der Waals surface area contributed by atoms with Crippen molar-refractivity contribution < 1.29 is 28.9 Å². The topological polar surface area (TPSA) is 82.1 Å². The molecule has 148 valence electrons. The second-order valence-electron chi connectivity index (χ2n) is 7.86. The van der Waals surface area contributed by atoms with Crippen LogP contribution in [0.2, 0.25) is 0 Å². The lowest BCUT2D eigenvalue weighted by molar-refractivity contribution is -0.150. The van der Waals surface area contributed by atoms with Crippen LogP contribution in [0.5, 0.6) is 0 Å². The van der Waals surface area contributed by atoms with E-state index in [1.807, 2.05) is 19.1 Å². The minimum atomic E-state index is -0.949. The van der Waals surface area contributed by atoms with Crippen molar-refractivity contribution in [3.8, 4) is 0 Å². The monoisotopic (exact) mass is 376 g/mol. The maximum absolute atomic E-state index is 12.2. The van der Waals surface area contributed by atoms with E-state index in [9.17, 15) is 14.7 Å². The van der Waals surface area contributed by atoms with Crippen LogP contribution < -0.4 is 0 Å². The second-order valence-corrected chi connectivity index (χ2v) is 7.86. The molecule has 0 amide bonds. The van der Waals surface area contributed by atoms with Crippen molar-refractivity contribution in [3.63, 3.8) is 0 Å². The van der Waals surface area contributed by atoms with E-state index in [-0.39, 0.29) is 18.5 Å². The summed E-state index contributed by atoms with van der Waals surface area (Å²) in [7, 11) is 0. The minimum absolute atomic E-state index is 0.263. The minimum Gasteiger partial charge on any atom is -0.458 e. The van der Waals surface area contributed by atoms with Crippen LogP contribution in [0, 0.1) is 11.8 Å². The predicted molar refractivity (Wildman–Crippen MR) is 98.4 cm³/mol. The first-order valence-electron chi connectivity index (χ1n) is 9.60. The van der Waals surface area contributed by atoms with E-state index in [1.54, 1.807) is 0 Å². The first-order chi connectivity index (χ1) is 12.8. The van der Waals surface area contributed by atoms with Gasteiger partial charge in [-0.1, -0.05) is 38.5 Å². The number of esters is 2. The molecular weight excluding hydrogens is 348 g/mol. The molecule has 3 rings (SSSR count). The Bertz CT molecular complexity index is 691. The number of rotatable bonds is 5. The molecule has 2 aliphatic heterocycles. The van der Waals surface area contributed by atoms with Gasteiger partial charge in [-0.25, -0.2) is 9.59 Å². The summed E-state index contributed by atoms with van der Waals surface area (Å²) in [5.74, 6) is -0.984. The summed E-state index contributed by atoms with van der Waals surface area (Å²) in [5, 5.41) is 10.4. The van der Waals surface area contributed by atoms with Crippen molar-refractivity contribution in [2.75, 3.05) is 0 Å². The fourth-order valence-electron chi connectivity index (χ4n) is 3.87. The molecule has 3 aliphatic rings. The lowest BCUT2D eigenvalue weighted by atomic mass is 9.85. The van der Waals surface area contributed by atoms with E-state index >= 15 is 0 Å². The van der Waals surface area contributed by atoms with Gasteiger partial charge in [-0.05, 0) is 18.9 Å². The van der Waals surface area contributed by atoms with E-state index < -0.39 is 30.4 Å². The van der Waals surface area contributed by atoms with E-state index in [4.69, 9.17) is 14.2 Å². The van der Waals surface area contributed by atoms with Crippen LogP contribution >= 0.6 is 0 Å². The number of fused-ring (bicyclic) bond motifs is 2. The Hall–Kier alpha value is -1.92. The first kappa shape index (κ1) is 19.8. The highest BCUT2D eigenvalue weighted by Gasteiger charge is 2.46. The standard InChI is InChI=1S/C21H28O6/c1-5-11(2)8-18(22)26-16-7-12(3)6-15-9-14(21(24)25-15)10-17-19(16)13(4)20(23)27-17/h7,9,11,15-19,22H,4-6,8,10H2,1-3H3/b12-7+/t11?,15-,16-,17+,18?,19+/m1/s1. The van der Waals surface area contributed by atoms with Gasteiger partial charge in [0.15, 0.2) is 6.29 Å². The summed E-state index contributed by atoms with van der Waals surface area (Å²) in [5.41, 5.74) is 1.79. The molecule has 2 heterocycles. The average molecular weight is 376 g/mol. The van der Waals surface area contributed by atoms with Crippen molar-refractivity contribution in [3.05, 3.63) is 35.5 Å². The molecule has 1 aliphatic carbocycles. The van der Waals surface area contributed by atoms with Crippen LogP contribution in [0.25, 0.3) is 0 Å². The van der Waals surface area contributed by atoms with E-state index in [2.05, 4.69) is 20.4 Å². The van der Waals surface area contributed by atoms with Gasteiger partial charge in [0.05, 0.1) is 12.0 Å². The van der Waals surface area contributed by atoms with Gasteiger partial charge in [0, 0.05) is 30.4 Å². The van der Waals surface area contributed by atoms with Gasteiger partial charge in [0.25, 0.3) is 0 Å². The number of aliphatic hydroxyl groups is 1. The third-order valence-corrected chi connectivity index (χ3v) is 5.59. The fraction of sp³-hybridized carbons (Fsp3) is 0.619. The average Bonchev–Trinajstić information content (AvgIpc) is 3.05. The molecule has 0 radical (unpaired) electrons. The molecule has 0 aromatic heterocycles. The molecule has 2 unspecified atom stereocenters. The highest BCUT2D eigenvalue weighted by molar-refractivity contribution is 5.93. The molecule has 1 saturated heterocycles. The Morgan fingerprint density at radius 2 is 2.00 bits per heavy atom. The van der Waals surface area contributed by atoms with Crippen LogP contribution in [-0.2, 0) is 23.8 Å². The lowest BCUT2D eigenvalue weighted by Crippen LogP contribution is -2.35. The van der Waals surface area contributed by atoms with Crippen LogP contribution in [0.15, 0.2) is 35.5 Å². The summed E-state index contributed by atoms with van der Waals surface area (Å²) < 4.78 is 16.8. The number of hydrogen-bond donors (Lipinski definition) is 1. The van der Waals surface area contributed by atoms with E-state index in [0.717, 1.165) is 12.0 Å². The smallest absolute Gasteiger partial charge is 0.334 e. The van der Waals surface area contributed by atoms with Crippen LogP contribution in [-0.4, -0.2) is 41.6 Å². The van der Waals surface area contributed by atoms with Gasteiger partial charge in [-0.2, -0.15) is 0 Å². The molecule has 1 fully saturated rings. The Labute approximate surface area is 159 Å². The molecule has 0 spiro atoms. The third kappa shape index (κ3) is 4.33. The molecule has 2 bridgehead atoms. The quantitative estimate of drug-likeness (QED) is 0.344. The summed E-state index contributed by atoms with van der Waals surface area (Å²) in [6, 6.07) is 0. The number of carbonyl (C=O) groups excluding carboxylic acids is 2. The summed E-state index contributed by atoms with van der Waals surface area (Å²) in [4.78, 5) is 24.3. The molecule has 27 heavy (non-hydrogen) atoms. The van der Waals surface area contributed by atoms with Crippen molar-refractivity contribution in [2.24, 2.45) is 11.8 Å². The molecular formula is C21H28O6. The van der Waals surface area contributed by atoms with Gasteiger partial charge in [0.2, 0.25) is 0 Å². The largest absolute Gasteiger partial charge is 0.458 e. The second kappa shape index (κ2) is 7.98. The Morgan fingerprint density at radius 3 is 2.70 bits per heavy atom. The van der Waals surface area contributed by atoms with Gasteiger partial charge in [-0.15, -0.1) is 0 Å². The maximum atomic E-state index is 12.2.